The van der Waals surface area contributed by atoms with Crippen molar-refractivity contribution in [2.45, 2.75) is 33.4 Å². The first-order valence-corrected chi connectivity index (χ1v) is 11.4. The zero-order valence-corrected chi connectivity index (χ0v) is 19.5. The summed E-state index contributed by atoms with van der Waals surface area (Å²) in [6.45, 7) is 7.37. The lowest BCUT2D eigenvalue weighted by Gasteiger charge is -2.24. The maximum Gasteiger partial charge on any atom is 0.240 e. The van der Waals surface area contributed by atoms with Gasteiger partial charge >= 0.3 is 0 Å². The van der Waals surface area contributed by atoms with Crippen molar-refractivity contribution in [1.29, 1.82) is 0 Å². The molecule has 2 heterocycles. The van der Waals surface area contributed by atoms with Crippen molar-refractivity contribution >= 4 is 33.7 Å². The van der Waals surface area contributed by atoms with Gasteiger partial charge in [-0.1, -0.05) is 0 Å². The zero-order chi connectivity index (χ0) is 21.7. The first kappa shape index (κ1) is 22.3. The van der Waals surface area contributed by atoms with Crippen LogP contribution >= 0.6 is 22.7 Å². The molecule has 0 spiro atoms. The van der Waals surface area contributed by atoms with Crippen LogP contribution < -0.4 is 14.8 Å². The third-order valence-electron chi connectivity index (χ3n) is 4.67. The van der Waals surface area contributed by atoms with Crippen LogP contribution in [0, 0.1) is 6.92 Å². The van der Waals surface area contributed by atoms with E-state index in [4.69, 9.17) is 9.47 Å². The van der Waals surface area contributed by atoms with Crippen molar-refractivity contribution in [1.82, 2.24) is 9.88 Å². The van der Waals surface area contributed by atoms with E-state index in [0.717, 1.165) is 17.8 Å². The molecule has 3 aromatic rings. The van der Waals surface area contributed by atoms with E-state index in [1.807, 2.05) is 23.6 Å². The average Bonchev–Trinajstić information content (AvgIpc) is 3.35. The van der Waals surface area contributed by atoms with Gasteiger partial charge in [-0.25, -0.2) is 4.98 Å². The van der Waals surface area contributed by atoms with Crippen molar-refractivity contribution in [3.05, 3.63) is 45.5 Å². The first-order valence-electron chi connectivity index (χ1n) is 9.66. The van der Waals surface area contributed by atoms with Crippen LogP contribution in [-0.4, -0.2) is 42.6 Å². The number of thiophene rings is 1. The third kappa shape index (κ3) is 5.59. The second-order valence-corrected chi connectivity index (χ2v) is 9.39. The second kappa shape index (κ2) is 10.1. The minimum absolute atomic E-state index is 0.0698. The van der Waals surface area contributed by atoms with Gasteiger partial charge in [0.2, 0.25) is 5.91 Å². The molecule has 0 atom stereocenters. The highest BCUT2D eigenvalue weighted by atomic mass is 32.1. The zero-order valence-electron chi connectivity index (χ0n) is 17.9. The Kier molecular flexibility index (Phi) is 7.47. The summed E-state index contributed by atoms with van der Waals surface area (Å²) in [7, 11) is 3.23. The van der Waals surface area contributed by atoms with Crippen LogP contribution in [0.15, 0.2) is 35.7 Å². The minimum atomic E-state index is -0.0698. The number of thiazole rings is 1. The summed E-state index contributed by atoms with van der Waals surface area (Å²) in [5.74, 6) is 1.32. The van der Waals surface area contributed by atoms with E-state index < -0.39 is 0 Å². The largest absolute Gasteiger partial charge is 0.497 e. The predicted molar refractivity (Wildman–Crippen MR) is 124 cm³/mol. The Morgan fingerprint density at radius 2 is 2.00 bits per heavy atom. The van der Waals surface area contributed by atoms with Crippen molar-refractivity contribution in [3.63, 3.8) is 0 Å². The molecule has 8 heteroatoms. The number of rotatable bonds is 9. The number of aromatic nitrogens is 1. The number of methoxy groups -OCH3 is 2. The first-order chi connectivity index (χ1) is 14.4. The summed E-state index contributed by atoms with van der Waals surface area (Å²) in [6, 6.07) is 10.1. The van der Waals surface area contributed by atoms with Crippen LogP contribution in [0.1, 0.15) is 23.6 Å². The van der Waals surface area contributed by atoms with Crippen molar-refractivity contribution in [3.8, 4) is 22.8 Å². The Morgan fingerprint density at radius 1 is 1.20 bits per heavy atom. The number of ether oxygens (including phenoxy) is 2. The molecule has 160 valence electrons. The van der Waals surface area contributed by atoms with Gasteiger partial charge < -0.3 is 14.8 Å². The molecule has 1 aromatic carbocycles. The Balaban J connectivity index is 1.67. The summed E-state index contributed by atoms with van der Waals surface area (Å²) in [5, 5.41) is 5.42. The fourth-order valence-corrected chi connectivity index (χ4v) is 4.64. The summed E-state index contributed by atoms with van der Waals surface area (Å²) in [5.41, 5.74) is 1.61. The molecule has 0 radical (unpaired) electrons. The van der Waals surface area contributed by atoms with Crippen molar-refractivity contribution < 1.29 is 14.3 Å². The Morgan fingerprint density at radius 3 is 2.63 bits per heavy atom. The molecule has 0 saturated heterocycles. The van der Waals surface area contributed by atoms with Gasteiger partial charge in [0.1, 0.15) is 11.5 Å². The van der Waals surface area contributed by atoms with E-state index in [-0.39, 0.29) is 11.9 Å². The molecule has 0 bridgehead atoms. The Hall–Kier alpha value is -2.42. The average molecular weight is 446 g/mol. The summed E-state index contributed by atoms with van der Waals surface area (Å²) >= 11 is 3.17. The topological polar surface area (TPSA) is 63.7 Å². The molecule has 0 aliphatic rings. The fourth-order valence-electron chi connectivity index (χ4n) is 3.00. The molecule has 0 unspecified atom stereocenters. The number of amides is 1. The van der Waals surface area contributed by atoms with Crippen molar-refractivity contribution in [2.75, 3.05) is 26.1 Å². The molecule has 3 rings (SSSR count). The molecule has 0 aliphatic heterocycles. The molecule has 30 heavy (non-hydrogen) atoms. The van der Waals surface area contributed by atoms with E-state index in [2.05, 4.69) is 48.1 Å². The van der Waals surface area contributed by atoms with E-state index in [1.54, 1.807) is 25.6 Å². The monoisotopic (exact) mass is 445 g/mol. The minimum Gasteiger partial charge on any atom is -0.497 e. The lowest BCUT2D eigenvalue weighted by molar-refractivity contribution is -0.117. The Bertz CT molecular complexity index is 997. The van der Waals surface area contributed by atoms with E-state index >= 15 is 0 Å². The Labute approximate surface area is 185 Å². The molecule has 1 amide bonds. The van der Waals surface area contributed by atoms with E-state index in [0.29, 0.717) is 23.2 Å². The van der Waals surface area contributed by atoms with Gasteiger partial charge in [-0.05, 0) is 45.0 Å². The van der Waals surface area contributed by atoms with Crippen LogP contribution in [0.25, 0.3) is 11.3 Å². The normalized spacial score (nSPS) is 11.2. The number of carbonyl (C=O) groups is 1. The molecule has 0 fully saturated rings. The molecule has 1 N–H and O–H groups in total. The van der Waals surface area contributed by atoms with Gasteiger partial charge in [0.05, 0.1) is 26.5 Å². The molecule has 0 saturated carbocycles. The number of aryl methyl sites for hydroxylation is 1. The number of hydrogen-bond acceptors (Lipinski definition) is 7. The van der Waals surface area contributed by atoms with Gasteiger partial charge in [-0.3, -0.25) is 9.69 Å². The smallest absolute Gasteiger partial charge is 0.240 e. The lowest BCUT2D eigenvalue weighted by Crippen LogP contribution is -2.37. The molecule has 2 aromatic heterocycles. The molecule has 6 nitrogen and oxygen atoms in total. The van der Waals surface area contributed by atoms with Gasteiger partial charge in [0.25, 0.3) is 0 Å². The van der Waals surface area contributed by atoms with Gasteiger partial charge in [-0.2, -0.15) is 0 Å². The number of nitrogens with one attached hydrogen (secondary N) is 1. The van der Waals surface area contributed by atoms with Gasteiger partial charge in [0.15, 0.2) is 5.13 Å². The highest BCUT2D eigenvalue weighted by molar-refractivity contribution is 7.14. The lowest BCUT2D eigenvalue weighted by atomic mass is 10.1. The van der Waals surface area contributed by atoms with Crippen LogP contribution in [-0.2, 0) is 11.3 Å². The number of benzene rings is 1. The SMILES string of the molecule is COc1ccc(-c2csc(NC(=O)CN(Cc3ccc(C)s3)C(C)C)n2)c(OC)c1. The maximum absolute atomic E-state index is 12.7. The summed E-state index contributed by atoms with van der Waals surface area (Å²) < 4.78 is 10.7. The van der Waals surface area contributed by atoms with Crippen LogP contribution in [0.5, 0.6) is 11.5 Å². The summed E-state index contributed by atoms with van der Waals surface area (Å²) in [6.07, 6.45) is 0. The van der Waals surface area contributed by atoms with Gasteiger partial charge in [0, 0.05) is 39.4 Å². The highest BCUT2D eigenvalue weighted by Gasteiger charge is 2.17. The fraction of sp³-hybridized carbons (Fsp3) is 0.364. The summed E-state index contributed by atoms with van der Waals surface area (Å²) in [4.78, 5) is 21.9. The van der Waals surface area contributed by atoms with E-state index in [9.17, 15) is 4.79 Å². The molecule has 0 aliphatic carbocycles. The maximum atomic E-state index is 12.7. The number of nitrogens with zero attached hydrogens (tertiary/aromatic N) is 2. The number of carbonyl (C=O) groups excluding carboxylic acids is 1. The van der Waals surface area contributed by atoms with Crippen molar-refractivity contribution in [2.24, 2.45) is 0 Å². The third-order valence-corrected chi connectivity index (χ3v) is 6.41. The van der Waals surface area contributed by atoms with E-state index in [1.165, 1.54) is 21.1 Å². The number of anilines is 1. The van der Waals surface area contributed by atoms with Crippen LogP contribution in [0.2, 0.25) is 0 Å². The second-order valence-electron chi connectivity index (χ2n) is 7.16. The quantitative estimate of drug-likeness (QED) is 0.500. The number of hydrogen-bond donors (Lipinski definition) is 1. The van der Waals surface area contributed by atoms with Crippen LogP contribution in [0.3, 0.4) is 0 Å². The van der Waals surface area contributed by atoms with Crippen LogP contribution in [0.4, 0.5) is 5.13 Å². The standard InChI is InChI=1S/C22H27N3O3S2/c1-14(2)25(11-17-8-6-15(3)30-17)12-21(26)24-22-23-19(13-29-22)18-9-7-16(27-4)10-20(18)28-5/h6-10,13-14H,11-12H2,1-5H3,(H,23,24,26). The highest BCUT2D eigenvalue weighted by Crippen LogP contribution is 2.34. The molecular formula is C22H27N3O3S2. The van der Waals surface area contributed by atoms with Gasteiger partial charge in [-0.15, -0.1) is 22.7 Å². The predicted octanol–water partition coefficient (Wildman–Crippen LogP) is 5.05. The molecular weight excluding hydrogens is 418 g/mol.